The number of hydrogen-bond donors (Lipinski definition) is 0. The van der Waals surface area contributed by atoms with Crippen LogP contribution in [-0.2, 0) is 20.1 Å². The molecule has 0 fully saturated rings. The van der Waals surface area contributed by atoms with Crippen LogP contribution in [0.4, 0.5) is 0 Å². The van der Waals surface area contributed by atoms with Crippen LogP contribution in [0.3, 0.4) is 0 Å². The summed E-state index contributed by atoms with van der Waals surface area (Å²) < 4.78 is 0. The van der Waals surface area contributed by atoms with E-state index in [1.165, 1.54) is 48.5 Å². The minimum Gasteiger partial charge on any atom is -0.256 e. The Balaban J connectivity index is 0.000000113. The smallest absolute Gasteiger partial charge is 0.0780 e. The summed E-state index contributed by atoms with van der Waals surface area (Å²) in [7, 11) is 0. The summed E-state index contributed by atoms with van der Waals surface area (Å²) in [6, 6.07) is 50.0. The van der Waals surface area contributed by atoms with E-state index < -0.39 is 0 Å². The van der Waals surface area contributed by atoms with E-state index in [2.05, 4.69) is 142 Å². The molecule has 207 valence electrons. The Morgan fingerprint density at radius 1 is 0.256 bits per heavy atom. The van der Waals surface area contributed by atoms with Crippen molar-refractivity contribution in [1.29, 1.82) is 0 Å². The maximum absolute atomic E-state index is 4.41. The second kappa shape index (κ2) is 12.9. The number of benzene rings is 6. The molecular formula is C39H27IrN3. The van der Waals surface area contributed by atoms with Crippen LogP contribution in [0.1, 0.15) is 0 Å². The minimum absolute atomic E-state index is 0. The zero-order valence-electron chi connectivity index (χ0n) is 23.3. The molecule has 0 saturated heterocycles. The van der Waals surface area contributed by atoms with Gasteiger partial charge in [0, 0.05) is 71.0 Å². The molecule has 0 bridgehead atoms. The zero-order valence-corrected chi connectivity index (χ0v) is 25.7. The molecule has 0 unspecified atom stereocenters. The minimum atomic E-state index is 0. The van der Waals surface area contributed by atoms with Gasteiger partial charge in [0.1, 0.15) is 0 Å². The Morgan fingerprint density at radius 2 is 0.512 bits per heavy atom. The van der Waals surface area contributed by atoms with Gasteiger partial charge >= 0.3 is 0 Å². The summed E-state index contributed by atoms with van der Waals surface area (Å²) in [5.41, 5.74) is 3.27. The average Bonchev–Trinajstić information content (AvgIpc) is 3.09. The van der Waals surface area contributed by atoms with Crippen molar-refractivity contribution in [2.45, 2.75) is 0 Å². The Kier molecular flexibility index (Phi) is 8.42. The molecule has 0 N–H and O–H groups in total. The Morgan fingerprint density at radius 3 is 0.837 bits per heavy atom. The maximum atomic E-state index is 4.41. The van der Waals surface area contributed by atoms with Crippen molar-refractivity contribution in [1.82, 2.24) is 15.0 Å². The Hall–Kier alpha value is -5.02. The van der Waals surface area contributed by atoms with Crippen molar-refractivity contribution in [2.24, 2.45) is 0 Å². The first kappa shape index (κ1) is 28.1. The van der Waals surface area contributed by atoms with Crippen molar-refractivity contribution < 1.29 is 20.1 Å². The normalized spacial score (nSPS) is 10.6. The molecule has 0 amide bonds. The van der Waals surface area contributed by atoms with Gasteiger partial charge in [-0.1, -0.05) is 127 Å². The fourth-order valence-electron chi connectivity index (χ4n) is 5.44. The molecular weight excluding hydrogens is 703 g/mol. The van der Waals surface area contributed by atoms with Gasteiger partial charge in [0.15, 0.2) is 0 Å². The molecule has 0 saturated carbocycles. The van der Waals surface area contributed by atoms with E-state index >= 15 is 0 Å². The summed E-state index contributed by atoms with van der Waals surface area (Å²) in [5.74, 6) is 0. The van der Waals surface area contributed by atoms with Gasteiger partial charge < -0.3 is 0 Å². The number of nitrogens with zero attached hydrogens (tertiary/aromatic N) is 3. The number of rotatable bonds is 0. The fraction of sp³-hybridized carbons (Fsp3) is 0. The molecule has 0 aliphatic carbocycles. The standard InChI is InChI=1S/3C13H9N.Ir/c3*1-2-6-12-10(4-1)7-8-11-5-3-9-14-13(11)12;/h3*1-9H;. The molecule has 6 aromatic carbocycles. The average molecular weight is 730 g/mol. The third kappa shape index (κ3) is 5.85. The molecule has 9 rings (SSSR count). The van der Waals surface area contributed by atoms with Gasteiger partial charge in [-0.05, 0) is 34.4 Å². The van der Waals surface area contributed by atoms with Crippen molar-refractivity contribution in [3.63, 3.8) is 0 Å². The van der Waals surface area contributed by atoms with Crippen molar-refractivity contribution in [3.05, 3.63) is 164 Å². The van der Waals surface area contributed by atoms with Crippen LogP contribution in [0.25, 0.3) is 65.0 Å². The van der Waals surface area contributed by atoms with E-state index in [1.54, 1.807) is 0 Å². The summed E-state index contributed by atoms with van der Waals surface area (Å²) in [5, 5.41) is 11.0. The van der Waals surface area contributed by atoms with Crippen LogP contribution in [-0.4, -0.2) is 15.0 Å². The molecule has 43 heavy (non-hydrogen) atoms. The molecule has 0 aliphatic rings. The van der Waals surface area contributed by atoms with E-state index in [-0.39, 0.29) is 20.1 Å². The zero-order chi connectivity index (χ0) is 28.1. The summed E-state index contributed by atoms with van der Waals surface area (Å²) in [6.07, 6.45) is 5.53. The molecule has 3 nitrogen and oxygen atoms in total. The van der Waals surface area contributed by atoms with E-state index in [9.17, 15) is 0 Å². The molecule has 1 radical (unpaired) electrons. The van der Waals surface area contributed by atoms with E-state index in [1.807, 2.05) is 36.8 Å². The number of fused-ring (bicyclic) bond motifs is 9. The van der Waals surface area contributed by atoms with Crippen LogP contribution < -0.4 is 0 Å². The first-order chi connectivity index (χ1) is 20.8. The summed E-state index contributed by atoms with van der Waals surface area (Å²) in [6.45, 7) is 0. The Bertz CT molecular complexity index is 1900. The topological polar surface area (TPSA) is 38.7 Å². The van der Waals surface area contributed by atoms with Gasteiger partial charge in [0.2, 0.25) is 0 Å². The maximum Gasteiger partial charge on any atom is 0.0780 e. The van der Waals surface area contributed by atoms with Crippen molar-refractivity contribution in [2.75, 3.05) is 0 Å². The predicted octanol–water partition coefficient (Wildman–Crippen LogP) is 10.2. The molecule has 0 spiro atoms. The monoisotopic (exact) mass is 730 g/mol. The second-order valence-electron chi connectivity index (χ2n) is 10.1. The SMILES string of the molecule is [Ir].c1ccc2c(c1)ccc1cccnc12.c1ccc2c(c1)ccc1cccnc12.c1ccc2c(c1)ccc1cccnc12. The van der Waals surface area contributed by atoms with Crippen molar-refractivity contribution in [3.8, 4) is 0 Å². The second-order valence-corrected chi connectivity index (χ2v) is 10.1. The molecule has 0 atom stereocenters. The van der Waals surface area contributed by atoms with Crippen LogP contribution in [0.5, 0.6) is 0 Å². The van der Waals surface area contributed by atoms with Gasteiger partial charge in [0.25, 0.3) is 0 Å². The number of hydrogen-bond acceptors (Lipinski definition) is 3. The fourth-order valence-corrected chi connectivity index (χ4v) is 5.44. The molecule has 0 aliphatic heterocycles. The van der Waals surface area contributed by atoms with Crippen LogP contribution in [0.15, 0.2) is 164 Å². The molecule has 4 heteroatoms. The summed E-state index contributed by atoms with van der Waals surface area (Å²) >= 11 is 0. The van der Waals surface area contributed by atoms with E-state index in [4.69, 9.17) is 0 Å². The number of pyridine rings is 3. The van der Waals surface area contributed by atoms with Crippen LogP contribution >= 0.6 is 0 Å². The Labute approximate surface area is 263 Å². The van der Waals surface area contributed by atoms with Gasteiger partial charge in [-0.25, -0.2) is 0 Å². The third-order valence-corrected chi connectivity index (χ3v) is 7.49. The molecule has 9 aromatic rings. The molecule has 3 heterocycles. The third-order valence-electron chi connectivity index (χ3n) is 7.49. The van der Waals surface area contributed by atoms with Gasteiger partial charge in [-0.15, -0.1) is 0 Å². The van der Waals surface area contributed by atoms with E-state index in [0.717, 1.165) is 16.6 Å². The largest absolute Gasteiger partial charge is 0.256 e. The predicted molar refractivity (Wildman–Crippen MR) is 178 cm³/mol. The quantitative estimate of drug-likeness (QED) is 0.146. The summed E-state index contributed by atoms with van der Waals surface area (Å²) in [4.78, 5) is 13.2. The first-order valence-electron chi connectivity index (χ1n) is 14.0. The van der Waals surface area contributed by atoms with Gasteiger partial charge in [-0.2, -0.15) is 0 Å². The van der Waals surface area contributed by atoms with E-state index in [0.29, 0.717) is 0 Å². The molecule has 3 aromatic heterocycles. The number of aromatic nitrogens is 3. The van der Waals surface area contributed by atoms with Gasteiger partial charge in [0.05, 0.1) is 16.6 Å². The van der Waals surface area contributed by atoms with Gasteiger partial charge in [-0.3, -0.25) is 15.0 Å². The van der Waals surface area contributed by atoms with Crippen molar-refractivity contribution >= 4 is 65.0 Å². The first-order valence-corrected chi connectivity index (χ1v) is 14.0. The van der Waals surface area contributed by atoms with Crippen LogP contribution in [0.2, 0.25) is 0 Å². The van der Waals surface area contributed by atoms with Crippen LogP contribution in [0, 0.1) is 0 Å².